The zero-order valence-electron chi connectivity index (χ0n) is 12.0. The molecule has 0 aliphatic rings. The maximum atomic E-state index is 11.5. The zero-order valence-corrected chi connectivity index (χ0v) is 12.8. The van der Waals surface area contributed by atoms with Gasteiger partial charge in [0.05, 0.1) is 17.3 Å². The molecule has 0 amide bonds. The van der Waals surface area contributed by atoms with E-state index in [9.17, 15) is 9.90 Å². The molecule has 6 nitrogen and oxygen atoms in total. The molecule has 0 fully saturated rings. The number of carboxylic acid groups (broad SMARTS) is 1. The van der Waals surface area contributed by atoms with Crippen LogP contribution >= 0.6 is 11.8 Å². The SMILES string of the molecule is CSCC(C)N(C)c1c(C(=O)O)cnc2c1cnn2C. The number of thioether (sulfide) groups is 1. The smallest absolute Gasteiger partial charge is 0.339 e. The van der Waals surface area contributed by atoms with Crippen molar-refractivity contribution in [1.29, 1.82) is 0 Å². The van der Waals surface area contributed by atoms with E-state index in [1.165, 1.54) is 6.20 Å². The largest absolute Gasteiger partial charge is 0.478 e. The van der Waals surface area contributed by atoms with E-state index in [-0.39, 0.29) is 11.6 Å². The molecule has 0 aliphatic carbocycles. The second-order valence-electron chi connectivity index (χ2n) is 4.75. The summed E-state index contributed by atoms with van der Waals surface area (Å²) in [7, 11) is 3.71. The molecule has 20 heavy (non-hydrogen) atoms. The Labute approximate surface area is 121 Å². The molecule has 0 aliphatic heterocycles. The number of rotatable bonds is 5. The monoisotopic (exact) mass is 294 g/mol. The Hall–Kier alpha value is -1.76. The lowest BCUT2D eigenvalue weighted by atomic mass is 10.1. The minimum atomic E-state index is -0.971. The molecule has 2 rings (SSSR count). The number of aryl methyl sites for hydroxylation is 1. The first-order valence-corrected chi connectivity index (χ1v) is 7.62. The Kier molecular flexibility index (Phi) is 4.17. The van der Waals surface area contributed by atoms with E-state index in [1.54, 1.807) is 29.7 Å². The molecule has 2 aromatic rings. The van der Waals surface area contributed by atoms with Crippen LogP contribution in [0.15, 0.2) is 12.4 Å². The summed E-state index contributed by atoms with van der Waals surface area (Å²) in [6, 6.07) is 0.217. The third-order valence-electron chi connectivity index (χ3n) is 3.39. The summed E-state index contributed by atoms with van der Waals surface area (Å²) in [6.07, 6.45) is 5.12. The normalized spacial score (nSPS) is 12.6. The highest BCUT2D eigenvalue weighted by atomic mass is 32.2. The van der Waals surface area contributed by atoms with Gasteiger partial charge in [0.25, 0.3) is 0 Å². The van der Waals surface area contributed by atoms with E-state index in [0.29, 0.717) is 11.3 Å². The Balaban J connectivity index is 2.63. The number of nitrogens with zero attached hydrogens (tertiary/aromatic N) is 4. The van der Waals surface area contributed by atoms with Crippen LogP contribution < -0.4 is 4.90 Å². The zero-order chi connectivity index (χ0) is 14.9. The summed E-state index contributed by atoms with van der Waals surface area (Å²) in [5, 5.41) is 14.3. The quantitative estimate of drug-likeness (QED) is 0.907. The molecule has 2 aromatic heterocycles. The predicted molar refractivity (Wildman–Crippen MR) is 81.7 cm³/mol. The summed E-state index contributed by atoms with van der Waals surface area (Å²) >= 11 is 1.73. The van der Waals surface area contributed by atoms with Gasteiger partial charge in [0.1, 0.15) is 5.56 Å². The van der Waals surface area contributed by atoms with E-state index in [1.807, 2.05) is 18.2 Å². The van der Waals surface area contributed by atoms with E-state index in [2.05, 4.69) is 17.0 Å². The number of aromatic carboxylic acids is 1. The molecule has 1 unspecified atom stereocenters. The van der Waals surface area contributed by atoms with Crippen molar-refractivity contribution in [2.24, 2.45) is 7.05 Å². The van der Waals surface area contributed by atoms with Gasteiger partial charge in [0.2, 0.25) is 0 Å². The van der Waals surface area contributed by atoms with Gasteiger partial charge in [-0.1, -0.05) is 0 Å². The average molecular weight is 294 g/mol. The Morgan fingerprint density at radius 2 is 2.25 bits per heavy atom. The highest BCUT2D eigenvalue weighted by Crippen LogP contribution is 2.30. The van der Waals surface area contributed by atoms with Crippen molar-refractivity contribution in [3.05, 3.63) is 18.0 Å². The van der Waals surface area contributed by atoms with Crippen LogP contribution in [0.1, 0.15) is 17.3 Å². The summed E-state index contributed by atoms with van der Waals surface area (Å²) in [4.78, 5) is 17.6. The number of carbonyl (C=O) groups is 1. The van der Waals surface area contributed by atoms with E-state index in [4.69, 9.17) is 0 Å². The fourth-order valence-corrected chi connectivity index (χ4v) is 2.90. The van der Waals surface area contributed by atoms with E-state index < -0.39 is 5.97 Å². The van der Waals surface area contributed by atoms with Crippen LogP contribution in [-0.4, -0.2) is 50.9 Å². The van der Waals surface area contributed by atoms with Crippen LogP contribution in [-0.2, 0) is 7.05 Å². The topological polar surface area (TPSA) is 71.2 Å². The van der Waals surface area contributed by atoms with Gasteiger partial charge < -0.3 is 10.0 Å². The highest BCUT2D eigenvalue weighted by molar-refractivity contribution is 7.98. The number of anilines is 1. The van der Waals surface area contributed by atoms with Crippen LogP contribution in [0.4, 0.5) is 5.69 Å². The summed E-state index contributed by atoms with van der Waals surface area (Å²) in [5.74, 6) is -0.0546. The van der Waals surface area contributed by atoms with E-state index in [0.717, 1.165) is 11.1 Å². The first-order valence-electron chi connectivity index (χ1n) is 6.23. The van der Waals surface area contributed by atoms with Crippen molar-refractivity contribution in [3.8, 4) is 0 Å². The maximum absolute atomic E-state index is 11.5. The van der Waals surface area contributed by atoms with Crippen LogP contribution in [0.2, 0.25) is 0 Å². The van der Waals surface area contributed by atoms with Gasteiger partial charge >= 0.3 is 5.97 Å². The van der Waals surface area contributed by atoms with Gasteiger partial charge in [-0.25, -0.2) is 9.78 Å². The minimum Gasteiger partial charge on any atom is -0.478 e. The molecule has 108 valence electrons. The molecule has 0 bridgehead atoms. The van der Waals surface area contributed by atoms with Crippen molar-refractivity contribution in [1.82, 2.24) is 14.8 Å². The average Bonchev–Trinajstić information content (AvgIpc) is 2.79. The lowest BCUT2D eigenvalue weighted by Gasteiger charge is -2.28. The highest BCUT2D eigenvalue weighted by Gasteiger charge is 2.22. The number of hydrogen-bond acceptors (Lipinski definition) is 5. The number of carboxylic acids is 1. The summed E-state index contributed by atoms with van der Waals surface area (Å²) in [6.45, 7) is 2.07. The van der Waals surface area contributed by atoms with Crippen LogP contribution in [0.3, 0.4) is 0 Å². The van der Waals surface area contributed by atoms with Gasteiger partial charge in [0.15, 0.2) is 5.65 Å². The van der Waals surface area contributed by atoms with Crippen LogP contribution in [0.5, 0.6) is 0 Å². The third-order valence-corrected chi connectivity index (χ3v) is 4.20. The molecular weight excluding hydrogens is 276 g/mol. The minimum absolute atomic E-state index is 0.209. The summed E-state index contributed by atoms with van der Waals surface area (Å²) in [5.41, 5.74) is 1.58. The van der Waals surface area contributed by atoms with Crippen molar-refractivity contribution in [2.45, 2.75) is 13.0 Å². The number of aromatic nitrogens is 3. The van der Waals surface area contributed by atoms with Gasteiger partial charge in [-0.2, -0.15) is 16.9 Å². The first-order chi connectivity index (χ1) is 9.47. The van der Waals surface area contributed by atoms with Gasteiger partial charge in [-0.3, -0.25) is 4.68 Å². The van der Waals surface area contributed by atoms with Gasteiger partial charge in [0, 0.05) is 32.1 Å². The van der Waals surface area contributed by atoms with Crippen molar-refractivity contribution in [3.63, 3.8) is 0 Å². The number of fused-ring (bicyclic) bond motifs is 1. The first kappa shape index (κ1) is 14.6. The molecule has 0 saturated carbocycles. The lowest BCUT2D eigenvalue weighted by Crippen LogP contribution is -2.32. The van der Waals surface area contributed by atoms with E-state index >= 15 is 0 Å². The molecule has 0 saturated heterocycles. The third kappa shape index (κ3) is 2.45. The van der Waals surface area contributed by atoms with Crippen molar-refractivity contribution < 1.29 is 9.90 Å². The standard InChI is InChI=1S/C13H18N4O2S/c1-8(7-20-4)16(2)11-9-6-15-17(3)12(9)14-5-10(11)13(18)19/h5-6,8H,7H2,1-4H3,(H,18,19). The Morgan fingerprint density at radius 1 is 1.55 bits per heavy atom. The predicted octanol–water partition coefficient (Wildman–Crippen LogP) is 1.85. The Bertz CT molecular complexity index is 641. The number of pyridine rings is 1. The Morgan fingerprint density at radius 3 is 2.85 bits per heavy atom. The molecule has 0 radical (unpaired) electrons. The number of hydrogen-bond donors (Lipinski definition) is 1. The molecule has 0 spiro atoms. The molecule has 1 N–H and O–H groups in total. The van der Waals surface area contributed by atoms with Crippen molar-refractivity contribution in [2.75, 3.05) is 24.0 Å². The van der Waals surface area contributed by atoms with Crippen molar-refractivity contribution >= 4 is 34.5 Å². The van der Waals surface area contributed by atoms with Crippen LogP contribution in [0.25, 0.3) is 11.0 Å². The fourth-order valence-electron chi connectivity index (χ4n) is 2.19. The summed E-state index contributed by atoms with van der Waals surface area (Å²) < 4.78 is 1.65. The lowest BCUT2D eigenvalue weighted by molar-refractivity contribution is 0.0697. The second kappa shape index (κ2) is 5.70. The molecule has 1 atom stereocenters. The molecule has 0 aromatic carbocycles. The molecule has 2 heterocycles. The van der Waals surface area contributed by atoms with Gasteiger partial charge in [-0.05, 0) is 13.2 Å². The molecular formula is C13H18N4O2S. The fraction of sp³-hybridized carbons (Fsp3) is 0.462. The maximum Gasteiger partial charge on any atom is 0.339 e. The van der Waals surface area contributed by atoms with Gasteiger partial charge in [-0.15, -0.1) is 0 Å². The molecule has 7 heteroatoms. The second-order valence-corrected chi connectivity index (χ2v) is 5.66. The van der Waals surface area contributed by atoms with Crippen LogP contribution in [0, 0.1) is 0 Å².